The van der Waals surface area contributed by atoms with Gasteiger partial charge in [0.05, 0.1) is 18.1 Å². The van der Waals surface area contributed by atoms with Crippen LogP contribution in [-0.4, -0.2) is 28.9 Å². The summed E-state index contributed by atoms with van der Waals surface area (Å²) in [4.78, 5) is 10.9. The van der Waals surface area contributed by atoms with Crippen LogP contribution in [0.4, 0.5) is 23.7 Å². The van der Waals surface area contributed by atoms with Gasteiger partial charge in [0.2, 0.25) is 0 Å². The highest BCUT2D eigenvalue weighted by molar-refractivity contribution is 5.88. The second-order valence-electron chi connectivity index (χ2n) is 2.55. The van der Waals surface area contributed by atoms with E-state index in [4.69, 9.17) is 0 Å². The van der Waals surface area contributed by atoms with Crippen LogP contribution in [0.15, 0.2) is 18.5 Å². The number of alkyl halides is 3. The van der Waals surface area contributed by atoms with Crippen molar-refractivity contribution in [3.8, 4) is 0 Å². The lowest BCUT2D eigenvalue weighted by molar-refractivity contribution is -0.122. The Morgan fingerprint density at radius 3 is 2.67 bits per heavy atom. The van der Waals surface area contributed by atoms with Crippen molar-refractivity contribution in [3.05, 3.63) is 18.5 Å². The standard InChI is InChI=1S/C7H7F3N4O/c8-7(9,10)4-11-6(15)14-5-1-2-12-13-3-5/h1-3H,4H2,(H2,11,12,14,15). The number of amides is 2. The smallest absolute Gasteiger partial charge is 0.329 e. The highest BCUT2D eigenvalue weighted by Crippen LogP contribution is 2.12. The number of carbonyl (C=O) groups is 1. The molecule has 82 valence electrons. The van der Waals surface area contributed by atoms with Gasteiger partial charge < -0.3 is 10.6 Å². The molecule has 1 rings (SSSR count). The minimum absolute atomic E-state index is 0.268. The molecule has 5 nitrogen and oxygen atoms in total. The number of hydrogen-bond donors (Lipinski definition) is 2. The molecular weight excluding hydrogens is 213 g/mol. The van der Waals surface area contributed by atoms with Crippen LogP contribution in [0.3, 0.4) is 0 Å². The highest BCUT2D eigenvalue weighted by atomic mass is 19.4. The van der Waals surface area contributed by atoms with Crippen molar-refractivity contribution < 1.29 is 18.0 Å². The molecule has 0 aliphatic rings. The molecule has 1 heterocycles. The molecule has 1 aromatic heterocycles. The number of carbonyl (C=O) groups excluding carboxylic acids is 1. The zero-order chi connectivity index (χ0) is 11.3. The van der Waals surface area contributed by atoms with Crippen LogP contribution in [0.25, 0.3) is 0 Å². The molecule has 0 aliphatic heterocycles. The number of urea groups is 1. The Morgan fingerprint density at radius 2 is 2.13 bits per heavy atom. The summed E-state index contributed by atoms with van der Waals surface area (Å²) in [7, 11) is 0. The minimum Gasteiger partial charge on any atom is -0.329 e. The van der Waals surface area contributed by atoms with E-state index in [0.717, 1.165) is 0 Å². The zero-order valence-electron chi connectivity index (χ0n) is 7.38. The molecule has 0 aromatic carbocycles. The van der Waals surface area contributed by atoms with Crippen LogP contribution < -0.4 is 10.6 Å². The second-order valence-corrected chi connectivity index (χ2v) is 2.55. The fraction of sp³-hybridized carbons (Fsp3) is 0.286. The predicted molar refractivity (Wildman–Crippen MR) is 45.1 cm³/mol. The van der Waals surface area contributed by atoms with Gasteiger partial charge in [-0.15, -0.1) is 0 Å². The molecule has 2 amide bonds. The molecule has 0 saturated carbocycles. The molecule has 0 bridgehead atoms. The lowest BCUT2D eigenvalue weighted by Crippen LogP contribution is -2.36. The lowest BCUT2D eigenvalue weighted by Gasteiger charge is -2.08. The molecule has 0 saturated heterocycles. The number of anilines is 1. The lowest BCUT2D eigenvalue weighted by atomic mass is 10.5. The number of hydrogen-bond acceptors (Lipinski definition) is 3. The van der Waals surface area contributed by atoms with Gasteiger partial charge >= 0.3 is 12.2 Å². The first-order valence-corrected chi connectivity index (χ1v) is 3.86. The third kappa shape index (κ3) is 4.79. The summed E-state index contributed by atoms with van der Waals surface area (Å²) in [5, 5.41) is 10.7. The second kappa shape index (κ2) is 4.58. The van der Waals surface area contributed by atoms with Crippen LogP contribution in [0.5, 0.6) is 0 Å². The summed E-state index contributed by atoms with van der Waals surface area (Å²) in [5.74, 6) is 0. The van der Waals surface area contributed by atoms with Gasteiger partial charge in [-0.3, -0.25) is 0 Å². The molecule has 0 unspecified atom stereocenters. The molecule has 0 atom stereocenters. The number of rotatable bonds is 2. The summed E-state index contributed by atoms with van der Waals surface area (Å²) in [6.07, 6.45) is -1.90. The summed E-state index contributed by atoms with van der Waals surface area (Å²) in [6.45, 7) is -1.38. The van der Waals surface area contributed by atoms with E-state index in [1.165, 1.54) is 18.5 Å². The van der Waals surface area contributed by atoms with Crippen LogP contribution in [0, 0.1) is 0 Å². The number of nitrogens with one attached hydrogen (secondary N) is 2. The first-order chi connectivity index (χ1) is 6.97. The summed E-state index contributed by atoms with van der Waals surface area (Å²) in [5.41, 5.74) is 0.268. The SMILES string of the molecule is O=C(NCC(F)(F)F)Nc1ccnnc1. The van der Waals surface area contributed by atoms with Gasteiger partial charge in [-0.1, -0.05) is 0 Å². The fourth-order valence-corrected chi connectivity index (χ4v) is 0.720. The Hall–Kier alpha value is -1.86. The van der Waals surface area contributed by atoms with E-state index in [1.54, 1.807) is 5.32 Å². The maximum absolute atomic E-state index is 11.7. The Kier molecular flexibility index (Phi) is 3.42. The van der Waals surface area contributed by atoms with Crippen LogP contribution in [-0.2, 0) is 0 Å². The van der Waals surface area contributed by atoms with Crippen LogP contribution in [0.1, 0.15) is 0 Å². The minimum atomic E-state index is -4.42. The van der Waals surface area contributed by atoms with Gasteiger partial charge in [0.15, 0.2) is 0 Å². The zero-order valence-corrected chi connectivity index (χ0v) is 7.38. The molecular formula is C7H7F3N4O. The van der Waals surface area contributed by atoms with Crippen molar-refractivity contribution in [3.63, 3.8) is 0 Å². The Balaban J connectivity index is 2.38. The molecule has 0 radical (unpaired) electrons. The normalized spacial score (nSPS) is 10.9. The van der Waals surface area contributed by atoms with Gasteiger partial charge in [0.25, 0.3) is 0 Å². The summed E-state index contributed by atoms with van der Waals surface area (Å²) >= 11 is 0. The molecule has 8 heteroatoms. The van der Waals surface area contributed by atoms with Crippen molar-refractivity contribution in [2.45, 2.75) is 6.18 Å². The van der Waals surface area contributed by atoms with Gasteiger partial charge in [-0.05, 0) is 6.07 Å². The third-order valence-corrected chi connectivity index (χ3v) is 1.29. The van der Waals surface area contributed by atoms with Gasteiger partial charge in [0.1, 0.15) is 6.54 Å². The molecule has 0 spiro atoms. The molecule has 0 fully saturated rings. The topological polar surface area (TPSA) is 66.9 Å². The van der Waals surface area contributed by atoms with Gasteiger partial charge in [-0.2, -0.15) is 23.4 Å². The first-order valence-electron chi connectivity index (χ1n) is 3.86. The molecule has 0 aliphatic carbocycles. The third-order valence-electron chi connectivity index (χ3n) is 1.29. The molecule has 15 heavy (non-hydrogen) atoms. The van der Waals surface area contributed by atoms with E-state index in [1.807, 2.05) is 0 Å². The van der Waals surface area contributed by atoms with E-state index in [-0.39, 0.29) is 5.69 Å². The van der Waals surface area contributed by atoms with E-state index in [0.29, 0.717) is 0 Å². The average molecular weight is 220 g/mol. The van der Waals surface area contributed by atoms with E-state index < -0.39 is 18.8 Å². The molecule has 2 N–H and O–H groups in total. The fourth-order valence-electron chi connectivity index (χ4n) is 0.720. The van der Waals surface area contributed by atoms with Crippen LogP contribution in [0.2, 0.25) is 0 Å². The predicted octanol–water partition coefficient (Wildman–Crippen LogP) is 1.16. The summed E-state index contributed by atoms with van der Waals surface area (Å²) < 4.78 is 35.1. The maximum atomic E-state index is 11.7. The van der Waals surface area contributed by atoms with Crippen molar-refractivity contribution in [1.29, 1.82) is 0 Å². The van der Waals surface area contributed by atoms with E-state index >= 15 is 0 Å². The maximum Gasteiger partial charge on any atom is 0.405 e. The summed E-state index contributed by atoms with van der Waals surface area (Å²) in [6, 6.07) is 0.459. The number of nitrogens with zero attached hydrogens (tertiary/aromatic N) is 2. The van der Waals surface area contributed by atoms with E-state index in [2.05, 4.69) is 15.5 Å². The Bertz CT molecular complexity index is 327. The monoisotopic (exact) mass is 220 g/mol. The van der Waals surface area contributed by atoms with Crippen molar-refractivity contribution in [2.75, 3.05) is 11.9 Å². The number of halogens is 3. The van der Waals surface area contributed by atoms with Crippen molar-refractivity contribution in [2.24, 2.45) is 0 Å². The largest absolute Gasteiger partial charge is 0.405 e. The molecule has 1 aromatic rings. The number of aromatic nitrogens is 2. The first kappa shape index (κ1) is 11.2. The van der Waals surface area contributed by atoms with Gasteiger partial charge in [-0.25, -0.2) is 4.79 Å². The quantitative estimate of drug-likeness (QED) is 0.785. The highest BCUT2D eigenvalue weighted by Gasteiger charge is 2.27. The average Bonchev–Trinajstić information content (AvgIpc) is 2.15. The van der Waals surface area contributed by atoms with E-state index in [9.17, 15) is 18.0 Å². The van der Waals surface area contributed by atoms with Crippen molar-refractivity contribution >= 4 is 11.7 Å². The van der Waals surface area contributed by atoms with Crippen molar-refractivity contribution in [1.82, 2.24) is 15.5 Å². The van der Waals surface area contributed by atoms with Gasteiger partial charge in [0, 0.05) is 0 Å². The Morgan fingerprint density at radius 1 is 1.40 bits per heavy atom. The Labute approximate surface area is 82.7 Å². The van der Waals surface area contributed by atoms with Crippen LogP contribution >= 0.6 is 0 Å².